The molecule has 0 spiro atoms. The van der Waals surface area contributed by atoms with Crippen LogP contribution in [0.1, 0.15) is 44.1 Å². The van der Waals surface area contributed by atoms with E-state index in [0.29, 0.717) is 11.8 Å². The van der Waals surface area contributed by atoms with Crippen LogP contribution < -0.4 is 4.74 Å². The van der Waals surface area contributed by atoms with Crippen LogP contribution in [0.2, 0.25) is 0 Å². The van der Waals surface area contributed by atoms with E-state index in [1.54, 1.807) is 13.2 Å². The number of hydrogen-bond acceptors (Lipinski definition) is 3. The van der Waals surface area contributed by atoms with Crippen molar-refractivity contribution < 1.29 is 9.84 Å². The molecule has 19 heavy (non-hydrogen) atoms. The first-order valence-electron chi connectivity index (χ1n) is 7.27. The molecule has 1 saturated carbocycles. The van der Waals surface area contributed by atoms with Crippen molar-refractivity contribution in [2.75, 3.05) is 14.2 Å². The van der Waals surface area contributed by atoms with Gasteiger partial charge in [-0.2, -0.15) is 0 Å². The van der Waals surface area contributed by atoms with Gasteiger partial charge in [-0.25, -0.2) is 0 Å². The minimum atomic E-state index is 0.283. The molecule has 1 N–H and O–H groups in total. The predicted molar refractivity (Wildman–Crippen MR) is 77.6 cm³/mol. The second-order valence-electron chi connectivity index (χ2n) is 5.53. The maximum absolute atomic E-state index is 10.1. The van der Waals surface area contributed by atoms with E-state index < -0.39 is 0 Å². The monoisotopic (exact) mass is 263 g/mol. The van der Waals surface area contributed by atoms with Crippen molar-refractivity contribution in [3.63, 3.8) is 0 Å². The molecule has 1 aromatic rings. The Balaban J connectivity index is 2.03. The van der Waals surface area contributed by atoms with Gasteiger partial charge in [0.15, 0.2) is 11.5 Å². The van der Waals surface area contributed by atoms with Crippen LogP contribution in [0.3, 0.4) is 0 Å². The third-order valence-corrected chi connectivity index (χ3v) is 4.17. The first-order chi connectivity index (χ1) is 9.22. The van der Waals surface area contributed by atoms with Crippen molar-refractivity contribution in [2.24, 2.45) is 0 Å². The molecule has 0 aromatic heterocycles. The van der Waals surface area contributed by atoms with E-state index in [2.05, 4.69) is 11.9 Å². The maximum Gasteiger partial charge on any atom is 0.162 e. The van der Waals surface area contributed by atoms with Crippen molar-refractivity contribution in [2.45, 2.75) is 51.1 Å². The van der Waals surface area contributed by atoms with Gasteiger partial charge in [0.1, 0.15) is 0 Å². The Morgan fingerprint density at radius 3 is 2.53 bits per heavy atom. The molecule has 1 aliphatic rings. The minimum Gasteiger partial charge on any atom is -0.504 e. The number of nitrogens with zero attached hydrogens (tertiary/aromatic N) is 1. The fraction of sp³-hybridized carbons (Fsp3) is 0.625. The van der Waals surface area contributed by atoms with Gasteiger partial charge >= 0.3 is 0 Å². The van der Waals surface area contributed by atoms with Crippen molar-refractivity contribution in [3.8, 4) is 11.5 Å². The first-order valence-corrected chi connectivity index (χ1v) is 7.27. The smallest absolute Gasteiger partial charge is 0.162 e. The highest BCUT2D eigenvalue weighted by Gasteiger charge is 2.18. The summed E-state index contributed by atoms with van der Waals surface area (Å²) in [4.78, 5) is 2.37. The molecule has 0 aliphatic heterocycles. The average Bonchev–Trinajstić information content (AvgIpc) is 2.70. The minimum absolute atomic E-state index is 0.283. The number of rotatable bonds is 4. The van der Waals surface area contributed by atoms with Crippen molar-refractivity contribution in [3.05, 3.63) is 23.8 Å². The molecule has 1 aromatic carbocycles. The third kappa shape index (κ3) is 3.63. The summed E-state index contributed by atoms with van der Waals surface area (Å²) in [6.07, 6.45) is 7.96. The van der Waals surface area contributed by atoms with E-state index in [4.69, 9.17) is 4.74 Å². The molecule has 0 bridgehead atoms. The van der Waals surface area contributed by atoms with Gasteiger partial charge in [-0.15, -0.1) is 0 Å². The largest absolute Gasteiger partial charge is 0.504 e. The molecule has 3 nitrogen and oxygen atoms in total. The van der Waals surface area contributed by atoms with Gasteiger partial charge in [0.05, 0.1) is 7.11 Å². The number of ether oxygens (including phenoxy) is 1. The molecular formula is C16H25NO2. The SMILES string of the molecule is COc1cccc(CN(C)C2CCCCCC2)c1O. The summed E-state index contributed by atoms with van der Waals surface area (Å²) in [7, 11) is 3.75. The molecule has 1 aliphatic carbocycles. The number of phenols is 1. The molecule has 0 radical (unpaired) electrons. The van der Waals surface area contributed by atoms with Gasteiger partial charge in [0, 0.05) is 18.2 Å². The summed E-state index contributed by atoms with van der Waals surface area (Å²) in [5.74, 6) is 0.845. The highest BCUT2D eigenvalue weighted by Crippen LogP contribution is 2.31. The zero-order valence-electron chi connectivity index (χ0n) is 12.1. The Labute approximate surface area is 116 Å². The van der Waals surface area contributed by atoms with Gasteiger partial charge in [0.25, 0.3) is 0 Å². The quantitative estimate of drug-likeness (QED) is 0.843. The number of benzene rings is 1. The van der Waals surface area contributed by atoms with Crippen LogP contribution in [-0.2, 0) is 6.54 Å². The molecule has 1 fully saturated rings. The summed E-state index contributed by atoms with van der Waals surface area (Å²) in [6.45, 7) is 0.785. The molecule has 2 rings (SSSR count). The first kappa shape index (κ1) is 14.2. The molecule has 0 unspecified atom stereocenters. The average molecular weight is 263 g/mol. The molecule has 0 heterocycles. The van der Waals surface area contributed by atoms with Crippen LogP contribution in [-0.4, -0.2) is 30.2 Å². The molecular weight excluding hydrogens is 238 g/mol. The Morgan fingerprint density at radius 2 is 1.89 bits per heavy atom. The highest BCUT2D eigenvalue weighted by atomic mass is 16.5. The number of methoxy groups -OCH3 is 1. The molecule has 0 atom stereocenters. The molecule has 3 heteroatoms. The Bertz CT molecular complexity index is 398. The van der Waals surface area contributed by atoms with Crippen LogP contribution in [0.15, 0.2) is 18.2 Å². The lowest BCUT2D eigenvalue weighted by Gasteiger charge is -2.27. The standard InChI is InChI=1S/C16H25NO2/c1-17(14-9-5-3-4-6-10-14)12-13-8-7-11-15(19-2)16(13)18/h7-8,11,14,18H,3-6,9-10,12H2,1-2H3. The van der Waals surface area contributed by atoms with Crippen LogP contribution in [0.5, 0.6) is 11.5 Å². The van der Waals surface area contributed by atoms with Gasteiger partial charge in [-0.3, -0.25) is 4.90 Å². The summed E-state index contributed by atoms with van der Waals surface area (Å²) in [6, 6.07) is 6.36. The summed E-state index contributed by atoms with van der Waals surface area (Å²) < 4.78 is 5.16. The second-order valence-corrected chi connectivity index (χ2v) is 5.53. The zero-order valence-corrected chi connectivity index (χ0v) is 12.1. The van der Waals surface area contributed by atoms with E-state index in [9.17, 15) is 5.11 Å². The van der Waals surface area contributed by atoms with E-state index in [-0.39, 0.29) is 5.75 Å². The van der Waals surface area contributed by atoms with E-state index in [1.807, 2.05) is 12.1 Å². The normalized spacial score (nSPS) is 17.4. The number of phenolic OH excluding ortho intramolecular Hbond substituents is 1. The molecule has 0 saturated heterocycles. The summed E-state index contributed by atoms with van der Waals surface area (Å²) in [5, 5.41) is 10.1. The lowest BCUT2D eigenvalue weighted by Crippen LogP contribution is -2.30. The summed E-state index contributed by atoms with van der Waals surface area (Å²) in [5.41, 5.74) is 0.950. The van der Waals surface area contributed by atoms with Crippen LogP contribution >= 0.6 is 0 Å². The Hall–Kier alpha value is -1.22. The Kier molecular flexibility index (Phi) is 5.08. The zero-order chi connectivity index (χ0) is 13.7. The number of aromatic hydroxyl groups is 1. The van der Waals surface area contributed by atoms with E-state index in [0.717, 1.165) is 12.1 Å². The van der Waals surface area contributed by atoms with Crippen LogP contribution in [0.4, 0.5) is 0 Å². The fourth-order valence-electron chi connectivity index (χ4n) is 2.96. The van der Waals surface area contributed by atoms with Gasteiger partial charge in [0.2, 0.25) is 0 Å². The van der Waals surface area contributed by atoms with Gasteiger partial charge < -0.3 is 9.84 Å². The van der Waals surface area contributed by atoms with Crippen molar-refractivity contribution in [1.29, 1.82) is 0 Å². The summed E-state index contributed by atoms with van der Waals surface area (Å²) >= 11 is 0. The molecule has 0 amide bonds. The molecule has 106 valence electrons. The Morgan fingerprint density at radius 1 is 1.21 bits per heavy atom. The van der Waals surface area contributed by atoms with Gasteiger partial charge in [-0.05, 0) is 26.0 Å². The highest BCUT2D eigenvalue weighted by molar-refractivity contribution is 5.45. The van der Waals surface area contributed by atoms with Crippen molar-refractivity contribution >= 4 is 0 Å². The number of para-hydroxylation sites is 1. The fourth-order valence-corrected chi connectivity index (χ4v) is 2.96. The van der Waals surface area contributed by atoms with Crippen LogP contribution in [0.25, 0.3) is 0 Å². The van der Waals surface area contributed by atoms with E-state index >= 15 is 0 Å². The predicted octanol–water partition coefficient (Wildman–Crippen LogP) is 3.56. The maximum atomic E-state index is 10.1. The van der Waals surface area contributed by atoms with Crippen LogP contribution in [0, 0.1) is 0 Å². The van der Waals surface area contributed by atoms with Gasteiger partial charge in [-0.1, -0.05) is 37.8 Å². The topological polar surface area (TPSA) is 32.7 Å². The van der Waals surface area contributed by atoms with E-state index in [1.165, 1.54) is 38.5 Å². The second kappa shape index (κ2) is 6.80. The third-order valence-electron chi connectivity index (χ3n) is 4.17. The lowest BCUT2D eigenvalue weighted by atomic mass is 10.1. The lowest BCUT2D eigenvalue weighted by molar-refractivity contribution is 0.210. The van der Waals surface area contributed by atoms with Crippen molar-refractivity contribution in [1.82, 2.24) is 4.90 Å². The number of hydrogen-bond donors (Lipinski definition) is 1.